The predicted octanol–water partition coefficient (Wildman–Crippen LogP) is -0.0370. The van der Waals surface area contributed by atoms with Crippen LogP contribution < -0.4 is 10.6 Å². The van der Waals surface area contributed by atoms with Crippen LogP contribution in [0.25, 0.3) is 0 Å². The summed E-state index contributed by atoms with van der Waals surface area (Å²) in [6.45, 7) is 0.117. The van der Waals surface area contributed by atoms with Gasteiger partial charge in [0.1, 0.15) is 0 Å². The summed E-state index contributed by atoms with van der Waals surface area (Å²) in [5.74, 6) is 0. The summed E-state index contributed by atoms with van der Waals surface area (Å²) in [5.41, 5.74) is 0.573. The molecule has 0 aromatic carbocycles. The van der Waals surface area contributed by atoms with Gasteiger partial charge in [0, 0.05) is 38.1 Å². The lowest BCUT2D eigenvalue weighted by Gasteiger charge is -2.29. The molecule has 0 unspecified atom stereocenters. The van der Waals surface area contributed by atoms with Crippen molar-refractivity contribution >= 4 is 26.3 Å². The van der Waals surface area contributed by atoms with Crippen molar-refractivity contribution in [1.82, 2.24) is 19.9 Å². The molecular weight excluding hydrogens is 375 g/mol. The maximum Gasteiger partial charge on any atom is 0.374 e. The minimum absolute atomic E-state index is 0.00581. The molecule has 12 heteroatoms. The second-order valence-corrected chi connectivity index (χ2v) is 9.02. The van der Waals surface area contributed by atoms with E-state index in [2.05, 4.69) is 15.6 Å². The number of pyridine rings is 1. The van der Waals surface area contributed by atoms with Crippen LogP contribution in [0.4, 0.5) is 8.68 Å². The smallest absolute Gasteiger partial charge is 0.335 e. The van der Waals surface area contributed by atoms with Gasteiger partial charge in [-0.2, -0.15) is 12.7 Å². The van der Waals surface area contributed by atoms with Gasteiger partial charge in [-0.15, -0.1) is 0 Å². The quantitative estimate of drug-likeness (QED) is 0.675. The molecule has 0 bridgehead atoms. The number of hydrogen-bond donors (Lipinski definition) is 2. The zero-order valence-corrected chi connectivity index (χ0v) is 15.1. The van der Waals surface area contributed by atoms with Crippen molar-refractivity contribution in [2.45, 2.75) is 30.5 Å². The normalized spacial score (nSPS) is 17.2. The van der Waals surface area contributed by atoms with Crippen LogP contribution in [-0.4, -0.2) is 57.5 Å². The van der Waals surface area contributed by atoms with Gasteiger partial charge in [-0.25, -0.2) is 18.2 Å². The van der Waals surface area contributed by atoms with Crippen LogP contribution >= 0.6 is 0 Å². The molecule has 0 saturated carbocycles. The number of halogens is 1. The molecule has 1 aliphatic rings. The topological polar surface area (TPSA) is 126 Å². The van der Waals surface area contributed by atoms with Crippen molar-refractivity contribution in [2.24, 2.45) is 0 Å². The number of urea groups is 1. The summed E-state index contributed by atoms with van der Waals surface area (Å²) in [7, 11) is -8.12. The number of aromatic nitrogens is 1. The maximum atomic E-state index is 12.8. The molecule has 1 saturated heterocycles. The summed E-state index contributed by atoms with van der Waals surface area (Å²) in [6, 6.07) is 2.22. The number of nitrogens with zero attached hydrogens (tertiary/aromatic N) is 2. The van der Waals surface area contributed by atoms with E-state index in [0.29, 0.717) is 18.4 Å². The highest BCUT2D eigenvalue weighted by Crippen LogP contribution is 2.15. The second-order valence-electron chi connectivity index (χ2n) is 5.72. The lowest BCUT2D eigenvalue weighted by molar-refractivity contribution is 0.226. The molecule has 25 heavy (non-hydrogen) atoms. The summed E-state index contributed by atoms with van der Waals surface area (Å²) in [4.78, 5) is 15.6. The van der Waals surface area contributed by atoms with E-state index in [4.69, 9.17) is 0 Å². The van der Waals surface area contributed by atoms with E-state index in [1.54, 1.807) is 6.07 Å². The zero-order chi connectivity index (χ0) is 18.7. The Morgan fingerprint density at radius 2 is 1.96 bits per heavy atom. The van der Waals surface area contributed by atoms with Crippen LogP contribution in [-0.2, 0) is 26.8 Å². The fourth-order valence-corrected chi connectivity index (χ4v) is 3.66. The standard InChI is InChI=1S/C13H19FN4O5S2/c1-24(20,21)12-8-10(2-5-15-12)9-16-13(19)17-11-3-6-18(7-4-11)25(14,22)23/h2,5,8,11H,3-4,6-7,9H2,1H3,(H2,16,17,19). The molecule has 9 nitrogen and oxygen atoms in total. The number of hydrogen-bond acceptors (Lipinski definition) is 6. The molecule has 0 radical (unpaired) electrons. The Balaban J connectivity index is 1.82. The third-order valence-electron chi connectivity index (χ3n) is 3.73. The van der Waals surface area contributed by atoms with Gasteiger partial charge < -0.3 is 10.6 Å². The Bertz CT molecular complexity index is 836. The number of carbonyl (C=O) groups excluding carboxylic acids is 1. The Kier molecular flexibility index (Phi) is 5.95. The van der Waals surface area contributed by atoms with Gasteiger partial charge in [0.05, 0.1) is 0 Å². The molecule has 1 aromatic heterocycles. The van der Waals surface area contributed by atoms with E-state index in [0.717, 1.165) is 10.6 Å². The summed E-state index contributed by atoms with van der Waals surface area (Å²) < 4.78 is 58.0. The SMILES string of the molecule is CS(=O)(=O)c1cc(CNC(=O)NC2CCN(S(=O)(=O)F)CC2)ccn1. The molecule has 2 heterocycles. The van der Waals surface area contributed by atoms with Crippen molar-refractivity contribution in [1.29, 1.82) is 0 Å². The fraction of sp³-hybridized carbons (Fsp3) is 0.538. The Hall–Kier alpha value is -1.79. The van der Waals surface area contributed by atoms with Crippen LogP contribution in [0.1, 0.15) is 18.4 Å². The van der Waals surface area contributed by atoms with Gasteiger partial charge >= 0.3 is 16.4 Å². The van der Waals surface area contributed by atoms with E-state index in [-0.39, 0.29) is 30.7 Å². The van der Waals surface area contributed by atoms with Gasteiger partial charge in [-0.3, -0.25) is 0 Å². The van der Waals surface area contributed by atoms with Crippen molar-refractivity contribution in [3.05, 3.63) is 23.9 Å². The molecule has 0 atom stereocenters. The monoisotopic (exact) mass is 394 g/mol. The van der Waals surface area contributed by atoms with Gasteiger partial charge in [-0.05, 0) is 30.5 Å². The van der Waals surface area contributed by atoms with Crippen molar-refractivity contribution in [2.75, 3.05) is 19.3 Å². The van der Waals surface area contributed by atoms with Crippen LogP contribution in [0.5, 0.6) is 0 Å². The van der Waals surface area contributed by atoms with Crippen molar-refractivity contribution < 1.29 is 25.5 Å². The molecule has 2 N–H and O–H groups in total. The number of carbonyl (C=O) groups is 1. The van der Waals surface area contributed by atoms with E-state index in [9.17, 15) is 25.5 Å². The fourth-order valence-electron chi connectivity index (χ4n) is 2.40. The number of sulfone groups is 1. The van der Waals surface area contributed by atoms with Crippen molar-refractivity contribution in [3.63, 3.8) is 0 Å². The van der Waals surface area contributed by atoms with Crippen LogP contribution in [0.2, 0.25) is 0 Å². The summed E-state index contributed by atoms with van der Waals surface area (Å²) >= 11 is 0. The highest BCUT2D eigenvalue weighted by Gasteiger charge is 2.28. The van der Waals surface area contributed by atoms with E-state index in [1.807, 2.05) is 0 Å². The first kappa shape index (κ1) is 19.5. The predicted molar refractivity (Wildman–Crippen MR) is 87.3 cm³/mol. The molecular formula is C13H19FN4O5S2. The molecule has 140 valence electrons. The summed E-state index contributed by atoms with van der Waals surface area (Å²) in [5, 5.41) is 5.19. The van der Waals surface area contributed by atoms with E-state index in [1.165, 1.54) is 12.3 Å². The van der Waals surface area contributed by atoms with Gasteiger partial charge in [0.15, 0.2) is 14.9 Å². The number of piperidine rings is 1. The second kappa shape index (κ2) is 7.62. The Morgan fingerprint density at radius 1 is 1.32 bits per heavy atom. The molecule has 0 spiro atoms. The first-order valence-corrected chi connectivity index (χ1v) is 10.7. The number of rotatable bonds is 5. The van der Waals surface area contributed by atoms with Crippen LogP contribution in [0, 0.1) is 0 Å². The molecule has 1 aliphatic heterocycles. The molecule has 1 fully saturated rings. The van der Waals surface area contributed by atoms with Gasteiger partial charge in [0.25, 0.3) is 0 Å². The van der Waals surface area contributed by atoms with Gasteiger partial charge in [-0.1, -0.05) is 3.89 Å². The van der Waals surface area contributed by atoms with Gasteiger partial charge in [0.2, 0.25) is 0 Å². The highest BCUT2D eigenvalue weighted by molar-refractivity contribution is 7.90. The minimum atomic E-state index is -4.69. The van der Waals surface area contributed by atoms with E-state index >= 15 is 0 Å². The summed E-state index contributed by atoms with van der Waals surface area (Å²) in [6.07, 6.45) is 3.01. The maximum absolute atomic E-state index is 12.8. The number of amides is 2. The first-order valence-electron chi connectivity index (χ1n) is 7.45. The average Bonchev–Trinajstić information content (AvgIpc) is 2.52. The largest absolute Gasteiger partial charge is 0.374 e. The third-order valence-corrected chi connectivity index (χ3v) is 5.69. The first-order chi connectivity index (χ1) is 11.6. The minimum Gasteiger partial charge on any atom is -0.335 e. The lowest BCUT2D eigenvalue weighted by Crippen LogP contribution is -2.48. The zero-order valence-electron chi connectivity index (χ0n) is 13.5. The van der Waals surface area contributed by atoms with Crippen molar-refractivity contribution in [3.8, 4) is 0 Å². The molecule has 0 aliphatic carbocycles. The molecule has 1 aromatic rings. The number of nitrogens with one attached hydrogen (secondary N) is 2. The van der Waals surface area contributed by atoms with E-state index < -0.39 is 26.3 Å². The Labute approximate surface area is 145 Å². The average molecular weight is 394 g/mol. The van der Waals surface area contributed by atoms with Crippen LogP contribution in [0.15, 0.2) is 23.4 Å². The van der Waals surface area contributed by atoms with Crippen LogP contribution in [0.3, 0.4) is 0 Å². The lowest BCUT2D eigenvalue weighted by atomic mass is 10.1. The Morgan fingerprint density at radius 3 is 2.52 bits per heavy atom. The highest BCUT2D eigenvalue weighted by atomic mass is 32.3. The molecule has 2 amide bonds. The molecule has 2 rings (SSSR count). The third kappa shape index (κ3) is 5.90.